The molecular weight excluding hydrogens is 376 g/mol. The fourth-order valence-corrected chi connectivity index (χ4v) is 4.19. The smallest absolute Gasteiger partial charge is 0.0891 e. The first-order valence-corrected chi connectivity index (χ1v) is 10.7. The van der Waals surface area contributed by atoms with Crippen LogP contribution in [0.3, 0.4) is 0 Å². The van der Waals surface area contributed by atoms with Crippen molar-refractivity contribution < 1.29 is 10.2 Å². The van der Waals surface area contributed by atoms with Gasteiger partial charge in [0.15, 0.2) is 0 Å². The van der Waals surface area contributed by atoms with Gasteiger partial charge in [0, 0.05) is 0 Å². The minimum atomic E-state index is -0.765. The summed E-state index contributed by atoms with van der Waals surface area (Å²) >= 11 is 4.85. The monoisotopic (exact) mass is 406 g/mol. The van der Waals surface area contributed by atoms with Gasteiger partial charge in [-0.2, -0.15) is 12.6 Å². The van der Waals surface area contributed by atoms with Crippen LogP contribution in [0.4, 0.5) is 0 Å². The highest BCUT2D eigenvalue weighted by atomic mass is 32.1. The fraction of sp³-hybridized carbons (Fsp3) is 0.308. The Balaban J connectivity index is 1.95. The fourth-order valence-electron chi connectivity index (χ4n) is 3.87. The highest BCUT2D eigenvalue weighted by Gasteiger charge is 2.25. The molecule has 3 rings (SSSR count). The molecule has 3 heteroatoms. The van der Waals surface area contributed by atoms with E-state index in [9.17, 15) is 10.2 Å². The summed E-state index contributed by atoms with van der Waals surface area (Å²) in [6.07, 6.45) is 1.40. The molecule has 3 aromatic rings. The lowest BCUT2D eigenvalue weighted by Crippen LogP contribution is -2.23. The summed E-state index contributed by atoms with van der Waals surface area (Å²) in [6.45, 7) is 6.17. The van der Waals surface area contributed by atoms with Crippen molar-refractivity contribution in [3.8, 4) is 11.1 Å². The van der Waals surface area contributed by atoms with Crippen LogP contribution >= 0.6 is 12.6 Å². The zero-order valence-electron chi connectivity index (χ0n) is 17.4. The molecule has 3 aromatic carbocycles. The van der Waals surface area contributed by atoms with Gasteiger partial charge in [0.2, 0.25) is 0 Å². The summed E-state index contributed by atoms with van der Waals surface area (Å²) in [5.74, 6) is 0. The van der Waals surface area contributed by atoms with Gasteiger partial charge in [-0.25, -0.2) is 0 Å². The van der Waals surface area contributed by atoms with Gasteiger partial charge in [-0.05, 0) is 64.8 Å². The van der Waals surface area contributed by atoms with Gasteiger partial charge in [-0.3, -0.25) is 0 Å². The van der Waals surface area contributed by atoms with E-state index in [-0.39, 0.29) is 11.9 Å². The number of aliphatic hydroxyl groups is 2. The van der Waals surface area contributed by atoms with Crippen molar-refractivity contribution in [1.82, 2.24) is 0 Å². The molecule has 0 heterocycles. The zero-order chi connectivity index (χ0) is 21.0. The predicted molar refractivity (Wildman–Crippen MR) is 124 cm³/mol. The lowest BCUT2D eigenvalue weighted by atomic mass is 9.86. The number of aryl methyl sites for hydroxylation is 1. The molecule has 1 unspecified atom stereocenters. The topological polar surface area (TPSA) is 40.5 Å². The van der Waals surface area contributed by atoms with E-state index < -0.39 is 5.60 Å². The average molecular weight is 407 g/mol. The molecule has 0 fully saturated rings. The van der Waals surface area contributed by atoms with E-state index in [4.69, 9.17) is 12.6 Å². The molecule has 152 valence electrons. The lowest BCUT2D eigenvalue weighted by molar-refractivity contribution is 0.0283. The molecule has 0 spiro atoms. The molecule has 0 aliphatic carbocycles. The maximum absolute atomic E-state index is 10.8. The van der Waals surface area contributed by atoms with Crippen LogP contribution in [0.25, 0.3) is 11.1 Å². The number of aliphatic hydroxyl groups excluding tert-OH is 1. The van der Waals surface area contributed by atoms with Crippen LogP contribution in [0.15, 0.2) is 66.7 Å². The summed E-state index contributed by atoms with van der Waals surface area (Å²) in [5, 5.41) is 20.2. The Morgan fingerprint density at radius 2 is 1.55 bits per heavy atom. The van der Waals surface area contributed by atoms with Crippen LogP contribution in [0, 0.1) is 6.92 Å². The Kier molecular flexibility index (Phi) is 6.84. The van der Waals surface area contributed by atoms with Crippen molar-refractivity contribution in [1.29, 1.82) is 0 Å². The van der Waals surface area contributed by atoms with Gasteiger partial charge in [0.25, 0.3) is 0 Å². The van der Waals surface area contributed by atoms with Crippen LogP contribution in [0.2, 0.25) is 0 Å². The Bertz CT molecular complexity index is 976. The number of hydrogen-bond acceptors (Lipinski definition) is 3. The van der Waals surface area contributed by atoms with E-state index in [2.05, 4.69) is 43.3 Å². The van der Waals surface area contributed by atoms with E-state index >= 15 is 0 Å². The quantitative estimate of drug-likeness (QED) is 0.410. The maximum atomic E-state index is 10.8. The van der Waals surface area contributed by atoms with Gasteiger partial charge >= 0.3 is 0 Å². The number of benzene rings is 3. The van der Waals surface area contributed by atoms with Gasteiger partial charge in [0.05, 0.1) is 17.5 Å². The highest BCUT2D eigenvalue weighted by molar-refractivity contribution is 7.80. The maximum Gasteiger partial charge on any atom is 0.0891 e. The van der Waals surface area contributed by atoms with E-state index in [0.717, 1.165) is 38.9 Å². The molecule has 29 heavy (non-hydrogen) atoms. The number of hydrogen-bond donors (Lipinski definition) is 3. The van der Waals surface area contributed by atoms with E-state index in [1.165, 1.54) is 0 Å². The molecule has 2 nitrogen and oxygen atoms in total. The van der Waals surface area contributed by atoms with Crippen LogP contribution < -0.4 is 0 Å². The van der Waals surface area contributed by atoms with Crippen molar-refractivity contribution >= 4 is 12.6 Å². The van der Waals surface area contributed by atoms with E-state index in [0.29, 0.717) is 12.8 Å². The average Bonchev–Trinajstić information content (AvgIpc) is 2.78. The Morgan fingerprint density at radius 1 is 0.897 bits per heavy atom. The minimum absolute atomic E-state index is 0.0296. The molecule has 0 bridgehead atoms. The lowest BCUT2D eigenvalue weighted by Gasteiger charge is -2.26. The molecule has 2 N–H and O–H groups in total. The van der Waals surface area contributed by atoms with Crippen LogP contribution in [0.5, 0.6) is 0 Å². The van der Waals surface area contributed by atoms with Crippen LogP contribution in [-0.2, 0) is 12.2 Å². The van der Waals surface area contributed by atoms with E-state index in [1.807, 2.05) is 44.2 Å². The summed E-state index contributed by atoms with van der Waals surface area (Å²) < 4.78 is 0. The summed E-state index contributed by atoms with van der Waals surface area (Å²) in [4.78, 5) is 0. The van der Waals surface area contributed by atoms with Crippen molar-refractivity contribution in [2.24, 2.45) is 0 Å². The first-order valence-electron chi connectivity index (χ1n) is 10.2. The Morgan fingerprint density at radius 3 is 2.17 bits per heavy atom. The van der Waals surface area contributed by atoms with Gasteiger partial charge in [-0.1, -0.05) is 74.5 Å². The normalized spacial score (nSPS) is 12.8. The van der Waals surface area contributed by atoms with Gasteiger partial charge < -0.3 is 10.2 Å². The SMILES string of the molecule is CCC(O)(CC)c1ccc(-c2cccc(C(S)c3cccc(CO)c3)c2)c(C)c1. The number of rotatable bonds is 7. The predicted octanol–water partition coefficient (Wildman–Crippen LogP) is 6.18. The first-order chi connectivity index (χ1) is 13.9. The standard InChI is InChI=1S/C26H30O2S/c1-4-26(28,5-2)23-12-13-24(18(3)14-23)20-9-7-11-22(16-20)25(29)21-10-6-8-19(15-21)17-27/h6-16,25,27-29H,4-5,17H2,1-3H3. The molecule has 0 aliphatic heterocycles. The summed E-state index contributed by atoms with van der Waals surface area (Å²) in [7, 11) is 0. The highest BCUT2D eigenvalue weighted by Crippen LogP contribution is 2.35. The van der Waals surface area contributed by atoms with Crippen molar-refractivity contribution in [2.45, 2.75) is 51.1 Å². The third-order valence-electron chi connectivity index (χ3n) is 5.90. The molecule has 0 saturated carbocycles. The molecule has 1 atom stereocenters. The van der Waals surface area contributed by atoms with Crippen molar-refractivity contribution in [3.63, 3.8) is 0 Å². The van der Waals surface area contributed by atoms with Crippen LogP contribution in [0.1, 0.15) is 59.8 Å². The largest absolute Gasteiger partial charge is 0.392 e. The molecule has 0 saturated heterocycles. The summed E-state index contributed by atoms with van der Waals surface area (Å²) in [6, 6.07) is 22.6. The Labute approximate surface area is 179 Å². The second kappa shape index (κ2) is 9.17. The third kappa shape index (κ3) is 4.58. The minimum Gasteiger partial charge on any atom is -0.392 e. The van der Waals surface area contributed by atoms with Gasteiger partial charge in [-0.15, -0.1) is 0 Å². The zero-order valence-corrected chi connectivity index (χ0v) is 18.3. The summed E-state index contributed by atoms with van der Waals surface area (Å²) in [5.41, 5.74) is 6.74. The third-order valence-corrected chi connectivity index (χ3v) is 6.49. The molecule has 0 aliphatic rings. The molecular formula is C26H30O2S. The van der Waals surface area contributed by atoms with Gasteiger partial charge in [0.1, 0.15) is 0 Å². The molecule has 0 amide bonds. The first kappa shape index (κ1) is 21.6. The second-order valence-corrected chi connectivity index (χ2v) is 8.22. The second-order valence-electron chi connectivity index (χ2n) is 7.70. The molecule has 0 aromatic heterocycles. The molecule has 0 radical (unpaired) electrons. The van der Waals surface area contributed by atoms with Crippen molar-refractivity contribution in [2.75, 3.05) is 0 Å². The number of thiol groups is 1. The van der Waals surface area contributed by atoms with E-state index in [1.54, 1.807) is 0 Å². The van der Waals surface area contributed by atoms with Crippen molar-refractivity contribution in [3.05, 3.63) is 94.5 Å². The van der Waals surface area contributed by atoms with Crippen LogP contribution in [-0.4, -0.2) is 10.2 Å². The Hall–Kier alpha value is -2.07.